The molecule has 0 saturated heterocycles. The minimum absolute atomic E-state index is 0.00709. The summed E-state index contributed by atoms with van der Waals surface area (Å²) in [5.74, 6) is 1.31. The van der Waals surface area contributed by atoms with Gasteiger partial charge in [-0.25, -0.2) is 8.42 Å². The van der Waals surface area contributed by atoms with Crippen LogP contribution in [0.2, 0.25) is 0 Å². The Bertz CT molecular complexity index is 523. The smallest absolute Gasteiger partial charge is 0.150 e. The topological polar surface area (TPSA) is 43.4 Å². The number of sulfone groups is 1. The molecule has 3 nitrogen and oxygen atoms in total. The van der Waals surface area contributed by atoms with Crippen LogP contribution in [0.5, 0.6) is 5.75 Å². The highest BCUT2D eigenvalue weighted by Crippen LogP contribution is 2.23. The van der Waals surface area contributed by atoms with Crippen molar-refractivity contribution in [3.8, 4) is 5.75 Å². The van der Waals surface area contributed by atoms with Gasteiger partial charge in [-0.1, -0.05) is 39.3 Å². The molecule has 1 aromatic rings. The number of hydrogen-bond acceptors (Lipinski definition) is 3. The van der Waals surface area contributed by atoms with Crippen LogP contribution in [0.1, 0.15) is 58.4 Å². The number of benzene rings is 1. The third-order valence-corrected chi connectivity index (χ3v) is 5.57. The summed E-state index contributed by atoms with van der Waals surface area (Å²) < 4.78 is 29.9. The van der Waals surface area contributed by atoms with E-state index in [9.17, 15) is 8.42 Å². The standard InChI is InChI=1S/C17H28O3S/c1-5-7-11-21(18,19)13-14(3)16-9-8-10-17(12-16)20-15(4)6-2/h8-10,12,14-15H,5-7,11,13H2,1-4H3/t14-,15-/m0/s1. The summed E-state index contributed by atoms with van der Waals surface area (Å²) in [4.78, 5) is 0. The van der Waals surface area contributed by atoms with Crippen molar-refractivity contribution in [3.63, 3.8) is 0 Å². The van der Waals surface area contributed by atoms with Gasteiger partial charge >= 0.3 is 0 Å². The average molecular weight is 312 g/mol. The molecule has 0 fully saturated rings. The van der Waals surface area contributed by atoms with Gasteiger partial charge in [-0.3, -0.25) is 0 Å². The summed E-state index contributed by atoms with van der Waals surface area (Å²) in [6.07, 6.45) is 2.77. The zero-order valence-electron chi connectivity index (χ0n) is 13.6. The van der Waals surface area contributed by atoms with Crippen LogP contribution in [0.3, 0.4) is 0 Å². The second kappa shape index (κ2) is 8.42. The van der Waals surface area contributed by atoms with Crippen molar-refractivity contribution >= 4 is 9.84 Å². The minimum Gasteiger partial charge on any atom is -0.491 e. The van der Waals surface area contributed by atoms with Crippen LogP contribution in [0.15, 0.2) is 24.3 Å². The zero-order chi connectivity index (χ0) is 15.9. The highest BCUT2D eigenvalue weighted by Gasteiger charge is 2.17. The van der Waals surface area contributed by atoms with Crippen molar-refractivity contribution < 1.29 is 13.2 Å². The Morgan fingerprint density at radius 3 is 2.52 bits per heavy atom. The van der Waals surface area contributed by atoms with Crippen molar-refractivity contribution in [2.24, 2.45) is 0 Å². The van der Waals surface area contributed by atoms with E-state index in [-0.39, 0.29) is 23.5 Å². The first-order valence-corrected chi connectivity index (χ1v) is 9.67. The first-order chi connectivity index (χ1) is 9.88. The molecular weight excluding hydrogens is 284 g/mol. The largest absolute Gasteiger partial charge is 0.491 e. The van der Waals surface area contributed by atoms with E-state index in [2.05, 4.69) is 6.92 Å². The van der Waals surface area contributed by atoms with Crippen LogP contribution >= 0.6 is 0 Å². The first kappa shape index (κ1) is 18.0. The van der Waals surface area contributed by atoms with Gasteiger partial charge in [0.1, 0.15) is 5.75 Å². The highest BCUT2D eigenvalue weighted by molar-refractivity contribution is 7.91. The molecule has 1 aromatic carbocycles. The molecule has 0 bridgehead atoms. The maximum Gasteiger partial charge on any atom is 0.150 e. The summed E-state index contributed by atoms with van der Waals surface area (Å²) in [6.45, 7) is 8.09. The molecule has 1 rings (SSSR count). The van der Waals surface area contributed by atoms with Crippen LogP contribution in [0.25, 0.3) is 0 Å². The van der Waals surface area contributed by atoms with Crippen molar-refractivity contribution in [3.05, 3.63) is 29.8 Å². The second-order valence-electron chi connectivity index (χ2n) is 5.78. The Labute approximate surface area is 129 Å². The number of unbranched alkanes of at least 4 members (excludes halogenated alkanes) is 1. The maximum atomic E-state index is 12.1. The zero-order valence-corrected chi connectivity index (χ0v) is 14.4. The van der Waals surface area contributed by atoms with Crippen molar-refractivity contribution in [1.82, 2.24) is 0 Å². The lowest BCUT2D eigenvalue weighted by Gasteiger charge is -2.16. The van der Waals surface area contributed by atoms with Gasteiger partial charge in [0.2, 0.25) is 0 Å². The third-order valence-electron chi connectivity index (χ3n) is 3.65. The fourth-order valence-corrected chi connectivity index (χ4v) is 3.98. The summed E-state index contributed by atoms with van der Waals surface area (Å²) in [7, 11) is -2.97. The Morgan fingerprint density at radius 1 is 1.19 bits per heavy atom. The lowest BCUT2D eigenvalue weighted by atomic mass is 10.0. The quantitative estimate of drug-likeness (QED) is 0.687. The molecule has 2 atom stereocenters. The van der Waals surface area contributed by atoms with Gasteiger partial charge in [0, 0.05) is 0 Å². The lowest BCUT2D eigenvalue weighted by Crippen LogP contribution is -2.16. The molecule has 4 heteroatoms. The van der Waals surface area contributed by atoms with E-state index in [4.69, 9.17) is 4.74 Å². The van der Waals surface area contributed by atoms with Gasteiger partial charge in [-0.05, 0) is 43.4 Å². The van der Waals surface area contributed by atoms with Crippen molar-refractivity contribution in [2.75, 3.05) is 11.5 Å². The van der Waals surface area contributed by atoms with E-state index in [0.717, 1.165) is 30.6 Å². The summed E-state index contributed by atoms with van der Waals surface area (Å²) in [5.41, 5.74) is 1.02. The molecule has 0 amide bonds. The van der Waals surface area contributed by atoms with Gasteiger partial charge in [-0.2, -0.15) is 0 Å². The Hall–Kier alpha value is -1.03. The monoisotopic (exact) mass is 312 g/mol. The van der Waals surface area contributed by atoms with E-state index in [0.29, 0.717) is 0 Å². The normalized spacial score (nSPS) is 14.7. The van der Waals surface area contributed by atoms with E-state index in [1.54, 1.807) is 0 Å². The van der Waals surface area contributed by atoms with E-state index < -0.39 is 9.84 Å². The molecule has 0 aliphatic rings. The fraction of sp³-hybridized carbons (Fsp3) is 0.647. The minimum atomic E-state index is -2.97. The van der Waals surface area contributed by atoms with E-state index >= 15 is 0 Å². The average Bonchev–Trinajstić information content (AvgIpc) is 2.45. The molecule has 0 unspecified atom stereocenters. The molecule has 0 N–H and O–H groups in total. The fourth-order valence-electron chi connectivity index (χ4n) is 2.13. The second-order valence-corrected chi connectivity index (χ2v) is 8.01. The first-order valence-electron chi connectivity index (χ1n) is 7.85. The maximum absolute atomic E-state index is 12.1. The predicted molar refractivity (Wildman–Crippen MR) is 88.8 cm³/mol. The molecule has 0 aliphatic carbocycles. The molecule has 0 heterocycles. The third kappa shape index (κ3) is 6.51. The lowest BCUT2D eigenvalue weighted by molar-refractivity contribution is 0.217. The molecule has 0 spiro atoms. The Morgan fingerprint density at radius 2 is 1.90 bits per heavy atom. The van der Waals surface area contributed by atoms with Gasteiger partial charge < -0.3 is 4.74 Å². The highest BCUT2D eigenvalue weighted by atomic mass is 32.2. The summed E-state index contributed by atoms with van der Waals surface area (Å²) in [5, 5.41) is 0. The molecule has 0 saturated carbocycles. The Balaban J connectivity index is 2.74. The van der Waals surface area contributed by atoms with Crippen LogP contribution in [-0.4, -0.2) is 26.0 Å². The van der Waals surface area contributed by atoms with Gasteiger partial charge in [0.15, 0.2) is 9.84 Å². The molecule has 21 heavy (non-hydrogen) atoms. The van der Waals surface area contributed by atoms with Crippen molar-refractivity contribution in [1.29, 1.82) is 0 Å². The number of rotatable bonds is 9. The number of ether oxygens (including phenoxy) is 1. The molecule has 0 radical (unpaired) electrons. The van der Waals surface area contributed by atoms with Gasteiger partial charge in [0.25, 0.3) is 0 Å². The van der Waals surface area contributed by atoms with E-state index in [1.165, 1.54) is 0 Å². The SMILES string of the molecule is CCCCS(=O)(=O)C[C@H](C)c1cccc(O[C@@H](C)CC)c1. The van der Waals surface area contributed by atoms with Gasteiger partial charge in [-0.15, -0.1) is 0 Å². The van der Waals surface area contributed by atoms with E-state index in [1.807, 2.05) is 45.0 Å². The molecule has 0 aliphatic heterocycles. The molecule has 0 aromatic heterocycles. The van der Waals surface area contributed by atoms with Crippen LogP contribution in [0.4, 0.5) is 0 Å². The van der Waals surface area contributed by atoms with Crippen molar-refractivity contribution in [2.45, 2.75) is 59.0 Å². The molecule has 120 valence electrons. The number of hydrogen-bond donors (Lipinski definition) is 0. The van der Waals surface area contributed by atoms with Crippen LogP contribution < -0.4 is 4.74 Å². The molecular formula is C17H28O3S. The Kier molecular flexibility index (Phi) is 7.23. The summed E-state index contributed by atoms with van der Waals surface area (Å²) in [6, 6.07) is 7.80. The van der Waals surface area contributed by atoms with Crippen LogP contribution in [0, 0.1) is 0 Å². The van der Waals surface area contributed by atoms with Crippen LogP contribution in [-0.2, 0) is 9.84 Å². The predicted octanol–water partition coefficient (Wildman–Crippen LogP) is 4.18. The summed E-state index contributed by atoms with van der Waals surface area (Å²) >= 11 is 0. The van der Waals surface area contributed by atoms with Gasteiger partial charge in [0.05, 0.1) is 17.6 Å².